The molecule has 4 aliphatic rings. The number of imide groups is 1. The van der Waals surface area contributed by atoms with Crippen LogP contribution in [0.2, 0.25) is 5.02 Å². The molecule has 41 heavy (non-hydrogen) atoms. The van der Waals surface area contributed by atoms with Crippen molar-refractivity contribution in [3.8, 4) is 0 Å². The average Bonchev–Trinajstić information content (AvgIpc) is 3.43. The van der Waals surface area contributed by atoms with Gasteiger partial charge in [-0.15, -0.1) is 0 Å². The maximum absolute atomic E-state index is 14.7. The van der Waals surface area contributed by atoms with Gasteiger partial charge in [0.15, 0.2) is 11.2 Å². The fourth-order valence-electron chi connectivity index (χ4n) is 7.89. The van der Waals surface area contributed by atoms with Crippen LogP contribution in [0.4, 0.5) is 18.9 Å². The van der Waals surface area contributed by atoms with Gasteiger partial charge in [0.05, 0.1) is 22.1 Å². The summed E-state index contributed by atoms with van der Waals surface area (Å²) in [5.41, 5.74) is -8.88. The molecule has 222 valence electrons. The monoisotopic (exact) mass is 597 g/mol. The Labute approximate surface area is 239 Å². The van der Waals surface area contributed by atoms with Crippen molar-refractivity contribution in [2.45, 2.75) is 84.6 Å². The largest absolute Gasteiger partial charge is 0.454 e. The molecule has 0 radical (unpaired) electrons. The van der Waals surface area contributed by atoms with E-state index < -0.39 is 80.3 Å². The van der Waals surface area contributed by atoms with E-state index in [1.807, 2.05) is 0 Å². The van der Waals surface area contributed by atoms with E-state index in [2.05, 4.69) is 0 Å². The number of ketones is 1. The van der Waals surface area contributed by atoms with Gasteiger partial charge in [-0.2, -0.15) is 13.2 Å². The Balaban J connectivity index is 1.76. The van der Waals surface area contributed by atoms with E-state index in [1.165, 1.54) is 0 Å². The first-order valence-electron chi connectivity index (χ1n) is 13.5. The van der Waals surface area contributed by atoms with E-state index >= 15 is 0 Å². The maximum Gasteiger partial charge on any atom is 0.454 e. The topological polar surface area (TPSA) is 107 Å². The Morgan fingerprint density at radius 2 is 1.59 bits per heavy atom. The highest BCUT2D eigenvalue weighted by atomic mass is 35.5. The summed E-state index contributed by atoms with van der Waals surface area (Å²) in [6.45, 7) is 10.1. The van der Waals surface area contributed by atoms with Crippen LogP contribution in [0.3, 0.4) is 0 Å². The fraction of sp³-hybridized carbons (Fsp3) is 0.621. The van der Waals surface area contributed by atoms with Crippen LogP contribution < -0.4 is 4.90 Å². The number of alkyl halides is 3. The van der Waals surface area contributed by atoms with Crippen LogP contribution >= 0.6 is 11.6 Å². The molecule has 5 atom stereocenters. The van der Waals surface area contributed by atoms with Crippen molar-refractivity contribution in [1.82, 2.24) is 0 Å². The number of benzene rings is 1. The number of esters is 2. The predicted molar refractivity (Wildman–Crippen MR) is 139 cm³/mol. The van der Waals surface area contributed by atoms with Gasteiger partial charge in [0.1, 0.15) is 0 Å². The summed E-state index contributed by atoms with van der Waals surface area (Å²) < 4.78 is 52.8. The van der Waals surface area contributed by atoms with E-state index in [4.69, 9.17) is 21.1 Å². The molecule has 4 bridgehead atoms. The first-order valence-corrected chi connectivity index (χ1v) is 13.9. The second-order valence-electron chi connectivity index (χ2n) is 13.0. The molecule has 0 N–H and O–H groups in total. The lowest BCUT2D eigenvalue weighted by Gasteiger charge is -2.41. The van der Waals surface area contributed by atoms with E-state index in [1.54, 1.807) is 41.5 Å². The fourth-order valence-corrected chi connectivity index (χ4v) is 8.07. The Bertz CT molecular complexity index is 1420. The minimum Gasteiger partial charge on any atom is -0.448 e. The Morgan fingerprint density at radius 3 is 2.07 bits per heavy atom. The number of Topliss-reactive ketones (excluding diaryl/α,β-unsaturated/α-hetero) is 1. The normalized spacial score (nSPS) is 35.0. The second-order valence-corrected chi connectivity index (χ2v) is 13.5. The lowest BCUT2D eigenvalue weighted by Crippen LogP contribution is -2.62. The summed E-state index contributed by atoms with van der Waals surface area (Å²) in [5, 5.41) is -0.237. The zero-order valence-electron chi connectivity index (χ0n) is 23.5. The summed E-state index contributed by atoms with van der Waals surface area (Å²) in [4.78, 5) is 68.7. The van der Waals surface area contributed by atoms with E-state index in [9.17, 15) is 37.1 Å². The standard InChI is InChI=1S/C29H31ClF3NO7/c1-14(2)18-25(5)9-11-27(18,40-22(25)38)20(36)34(17-8-7-15(30)13-16(17)19(35)29(31,32)33)21(37)28-12-10-26(6,23(39)41-28)24(28,3)4/h7-8,13-14,18H,9-12H2,1-6H3. The molecular weight excluding hydrogens is 567 g/mol. The number of fused-ring (bicyclic) bond motifs is 4. The van der Waals surface area contributed by atoms with Crippen molar-refractivity contribution in [2.24, 2.45) is 28.1 Å². The molecule has 2 heterocycles. The first-order chi connectivity index (χ1) is 18.7. The minimum atomic E-state index is -5.37. The first kappa shape index (κ1) is 29.5. The maximum atomic E-state index is 14.7. The zero-order valence-corrected chi connectivity index (χ0v) is 24.3. The Hall–Kier alpha value is -2.95. The zero-order chi connectivity index (χ0) is 30.7. The number of ether oxygens (including phenoxy) is 2. The number of amides is 2. The number of carbonyl (C=O) groups is 5. The summed E-state index contributed by atoms with van der Waals surface area (Å²) in [5.74, 6) is -6.85. The van der Waals surface area contributed by atoms with Gasteiger partial charge in [-0.05, 0) is 63.6 Å². The van der Waals surface area contributed by atoms with Gasteiger partial charge in [0, 0.05) is 16.4 Å². The predicted octanol–water partition coefficient (Wildman–Crippen LogP) is 5.43. The molecule has 2 aliphatic heterocycles. The summed E-state index contributed by atoms with van der Waals surface area (Å²) >= 11 is 5.99. The Morgan fingerprint density at radius 1 is 0.951 bits per heavy atom. The summed E-state index contributed by atoms with van der Waals surface area (Å²) in [6.07, 6.45) is -4.87. The third kappa shape index (κ3) is 3.50. The molecule has 8 nitrogen and oxygen atoms in total. The molecular formula is C29H31ClF3NO7. The lowest BCUT2D eigenvalue weighted by atomic mass is 9.66. The molecule has 12 heteroatoms. The number of halogens is 4. The number of hydrogen-bond donors (Lipinski definition) is 0. The van der Waals surface area contributed by atoms with Crippen molar-refractivity contribution in [2.75, 3.05) is 4.90 Å². The molecule has 4 fully saturated rings. The van der Waals surface area contributed by atoms with E-state index in [-0.39, 0.29) is 36.6 Å². The Kier molecular flexibility index (Phi) is 6.16. The number of hydrogen-bond acceptors (Lipinski definition) is 7. The third-order valence-corrected chi connectivity index (χ3v) is 10.7. The van der Waals surface area contributed by atoms with Crippen LogP contribution in [-0.2, 0) is 28.7 Å². The molecule has 1 aromatic rings. The summed E-state index contributed by atoms with van der Waals surface area (Å²) in [6, 6.07) is 2.87. The van der Waals surface area contributed by atoms with Crippen molar-refractivity contribution >= 4 is 46.8 Å². The van der Waals surface area contributed by atoms with Crippen molar-refractivity contribution in [3.05, 3.63) is 28.8 Å². The number of anilines is 1. The molecule has 0 aromatic heterocycles. The van der Waals surface area contributed by atoms with Crippen LogP contribution in [-0.4, -0.2) is 46.9 Å². The highest BCUT2D eigenvalue weighted by Crippen LogP contribution is 2.67. The lowest BCUT2D eigenvalue weighted by molar-refractivity contribution is -0.171. The smallest absolute Gasteiger partial charge is 0.448 e. The third-order valence-electron chi connectivity index (χ3n) is 10.5. The number of rotatable bonds is 5. The molecule has 0 spiro atoms. The van der Waals surface area contributed by atoms with Crippen LogP contribution in [0.25, 0.3) is 0 Å². The van der Waals surface area contributed by atoms with Gasteiger partial charge in [-0.1, -0.05) is 39.3 Å². The minimum absolute atomic E-state index is 0.000887. The molecule has 5 unspecified atom stereocenters. The van der Waals surface area contributed by atoms with Gasteiger partial charge in [0.25, 0.3) is 17.6 Å². The molecule has 2 saturated carbocycles. The van der Waals surface area contributed by atoms with Crippen LogP contribution in [0.1, 0.15) is 77.6 Å². The molecule has 1 aromatic carbocycles. The number of nitrogens with zero attached hydrogens (tertiary/aromatic N) is 1. The molecule has 2 aliphatic carbocycles. The highest BCUT2D eigenvalue weighted by molar-refractivity contribution is 6.32. The van der Waals surface area contributed by atoms with Gasteiger partial charge in [0.2, 0.25) is 0 Å². The number of carbonyl (C=O) groups excluding carboxylic acids is 5. The SMILES string of the molecule is CC(C)C1C2(C)CCC1(C(=O)N(C(=O)C13CCC(C)(C(=O)O1)C3(C)C)c1ccc(Cl)cc1C(=O)C(F)(F)F)OC2=O. The quantitative estimate of drug-likeness (QED) is 0.253. The van der Waals surface area contributed by atoms with Crippen molar-refractivity contribution in [3.63, 3.8) is 0 Å². The van der Waals surface area contributed by atoms with Crippen molar-refractivity contribution < 1.29 is 46.6 Å². The van der Waals surface area contributed by atoms with Gasteiger partial charge >= 0.3 is 18.1 Å². The van der Waals surface area contributed by atoms with Crippen LogP contribution in [0.5, 0.6) is 0 Å². The van der Waals surface area contributed by atoms with Gasteiger partial charge < -0.3 is 9.47 Å². The summed E-state index contributed by atoms with van der Waals surface area (Å²) in [7, 11) is 0. The second kappa shape index (κ2) is 8.55. The molecule has 2 amide bonds. The van der Waals surface area contributed by atoms with Gasteiger partial charge in [-0.25, -0.2) is 4.90 Å². The van der Waals surface area contributed by atoms with Crippen LogP contribution in [0.15, 0.2) is 18.2 Å². The molecule has 5 rings (SSSR count). The average molecular weight is 598 g/mol. The molecule has 2 saturated heterocycles. The van der Waals surface area contributed by atoms with Crippen molar-refractivity contribution in [1.29, 1.82) is 0 Å². The van der Waals surface area contributed by atoms with E-state index in [0.717, 1.165) is 18.2 Å². The van der Waals surface area contributed by atoms with E-state index in [0.29, 0.717) is 4.90 Å². The van der Waals surface area contributed by atoms with Crippen LogP contribution in [0, 0.1) is 28.1 Å². The highest BCUT2D eigenvalue weighted by Gasteiger charge is 2.78. The van der Waals surface area contributed by atoms with Gasteiger partial charge in [-0.3, -0.25) is 24.0 Å².